The van der Waals surface area contributed by atoms with Gasteiger partial charge in [-0.3, -0.25) is 4.79 Å². The van der Waals surface area contributed by atoms with E-state index in [1.165, 1.54) is 16.4 Å². The lowest BCUT2D eigenvalue weighted by molar-refractivity contribution is -0.136. The number of carbonyl (C=O) groups excluding carboxylic acids is 1. The number of nitrogens with zero attached hydrogens (tertiary/aromatic N) is 2. The van der Waals surface area contributed by atoms with Crippen molar-refractivity contribution in [2.45, 2.75) is 36.7 Å². The summed E-state index contributed by atoms with van der Waals surface area (Å²) in [6, 6.07) is 4.40. The molecule has 1 amide bonds. The molecule has 0 bridgehead atoms. The van der Waals surface area contributed by atoms with Crippen molar-refractivity contribution in [1.82, 2.24) is 9.21 Å². The summed E-state index contributed by atoms with van der Waals surface area (Å²) < 4.78 is 32.7. The van der Waals surface area contributed by atoms with Gasteiger partial charge in [-0.2, -0.15) is 4.31 Å². The third kappa shape index (κ3) is 4.77. The molecule has 2 aliphatic heterocycles. The Morgan fingerprint density at radius 1 is 1.26 bits per heavy atom. The van der Waals surface area contributed by atoms with Crippen molar-refractivity contribution < 1.29 is 17.9 Å². The van der Waals surface area contributed by atoms with Crippen LogP contribution < -0.4 is 0 Å². The SMILES string of the molecule is CN(CC1CCCO1)C(=O)C1CCN(S(=O)(=O)c2cc(Cl)ccc2Cl)CC1. The highest BCUT2D eigenvalue weighted by Crippen LogP contribution is 2.30. The van der Waals surface area contributed by atoms with Gasteiger partial charge < -0.3 is 9.64 Å². The van der Waals surface area contributed by atoms with E-state index in [-0.39, 0.29) is 40.9 Å². The van der Waals surface area contributed by atoms with Crippen LogP contribution in [0.4, 0.5) is 0 Å². The number of rotatable bonds is 5. The average Bonchev–Trinajstić information content (AvgIpc) is 3.16. The molecule has 2 fully saturated rings. The van der Waals surface area contributed by atoms with Gasteiger partial charge in [-0.1, -0.05) is 23.2 Å². The second-order valence-corrected chi connectivity index (χ2v) is 9.86. The number of likely N-dealkylation sites (N-methyl/N-ethyl adjacent to an activating group) is 1. The molecular formula is C18H24Cl2N2O4S. The highest BCUT2D eigenvalue weighted by Gasteiger charge is 2.34. The van der Waals surface area contributed by atoms with Gasteiger partial charge in [0.05, 0.1) is 11.1 Å². The standard InChI is InChI=1S/C18H24Cl2N2O4S/c1-21(12-15-3-2-10-26-15)18(23)13-6-8-22(9-7-13)27(24,25)17-11-14(19)4-5-16(17)20/h4-5,11,13,15H,2-3,6-10,12H2,1H3. The van der Waals surface area contributed by atoms with Crippen LogP contribution >= 0.6 is 23.2 Å². The molecule has 1 unspecified atom stereocenters. The summed E-state index contributed by atoms with van der Waals surface area (Å²) in [5.41, 5.74) is 0. The van der Waals surface area contributed by atoms with E-state index in [4.69, 9.17) is 27.9 Å². The van der Waals surface area contributed by atoms with Crippen LogP contribution in [0.25, 0.3) is 0 Å². The molecule has 2 aliphatic rings. The van der Waals surface area contributed by atoms with Crippen molar-refractivity contribution >= 4 is 39.1 Å². The fourth-order valence-electron chi connectivity index (χ4n) is 3.65. The Bertz CT molecular complexity index is 789. The molecule has 0 radical (unpaired) electrons. The highest BCUT2D eigenvalue weighted by atomic mass is 35.5. The normalized spacial score (nSPS) is 22.1. The van der Waals surface area contributed by atoms with Crippen LogP contribution in [-0.2, 0) is 19.6 Å². The van der Waals surface area contributed by atoms with E-state index in [1.54, 1.807) is 18.0 Å². The van der Waals surface area contributed by atoms with Crippen LogP contribution in [-0.4, -0.2) is 62.9 Å². The van der Waals surface area contributed by atoms with Crippen molar-refractivity contribution in [1.29, 1.82) is 0 Å². The molecule has 1 aromatic carbocycles. The maximum Gasteiger partial charge on any atom is 0.244 e. The topological polar surface area (TPSA) is 66.9 Å². The Hall–Kier alpha value is -0.860. The maximum absolute atomic E-state index is 12.9. The Labute approximate surface area is 170 Å². The molecule has 3 rings (SSSR count). The molecule has 0 saturated carbocycles. The fourth-order valence-corrected chi connectivity index (χ4v) is 5.86. The zero-order valence-electron chi connectivity index (χ0n) is 15.2. The van der Waals surface area contributed by atoms with Gasteiger partial charge in [0.25, 0.3) is 0 Å². The van der Waals surface area contributed by atoms with Crippen LogP contribution in [0.3, 0.4) is 0 Å². The van der Waals surface area contributed by atoms with Crippen LogP contribution in [0.5, 0.6) is 0 Å². The molecule has 1 aromatic rings. The van der Waals surface area contributed by atoms with Gasteiger partial charge in [-0.05, 0) is 43.9 Å². The molecule has 1 atom stereocenters. The zero-order chi connectivity index (χ0) is 19.6. The molecule has 0 aliphatic carbocycles. The number of sulfonamides is 1. The van der Waals surface area contributed by atoms with E-state index in [0.29, 0.717) is 24.4 Å². The van der Waals surface area contributed by atoms with Gasteiger partial charge in [0.2, 0.25) is 15.9 Å². The van der Waals surface area contributed by atoms with Crippen molar-refractivity contribution in [3.05, 3.63) is 28.2 Å². The summed E-state index contributed by atoms with van der Waals surface area (Å²) in [7, 11) is -1.94. The number of benzene rings is 1. The third-order valence-electron chi connectivity index (χ3n) is 5.19. The third-order valence-corrected chi connectivity index (χ3v) is 7.81. The van der Waals surface area contributed by atoms with Gasteiger partial charge in [0.1, 0.15) is 4.90 Å². The molecule has 27 heavy (non-hydrogen) atoms. The molecule has 0 aromatic heterocycles. The predicted octanol–water partition coefficient (Wildman–Crippen LogP) is 3.03. The first-order valence-electron chi connectivity index (χ1n) is 9.11. The van der Waals surface area contributed by atoms with Gasteiger partial charge >= 0.3 is 0 Å². The van der Waals surface area contributed by atoms with Gasteiger partial charge in [-0.25, -0.2) is 8.42 Å². The fraction of sp³-hybridized carbons (Fsp3) is 0.611. The average molecular weight is 435 g/mol. The largest absolute Gasteiger partial charge is 0.376 e. The second-order valence-electron chi connectivity index (χ2n) is 7.11. The van der Waals surface area contributed by atoms with Crippen LogP contribution in [0.1, 0.15) is 25.7 Å². The van der Waals surface area contributed by atoms with E-state index in [0.717, 1.165) is 19.4 Å². The quantitative estimate of drug-likeness (QED) is 0.713. The molecule has 2 heterocycles. The zero-order valence-corrected chi connectivity index (χ0v) is 17.6. The smallest absolute Gasteiger partial charge is 0.244 e. The number of hydrogen-bond donors (Lipinski definition) is 0. The molecule has 0 N–H and O–H groups in total. The lowest BCUT2D eigenvalue weighted by Gasteiger charge is -2.33. The van der Waals surface area contributed by atoms with Crippen molar-refractivity contribution in [3.63, 3.8) is 0 Å². The first kappa shape index (κ1) is 20.9. The first-order valence-corrected chi connectivity index (χ1v) is 11.3. The number of halogens is 2. The van der Waals surface area contributed by atoms with E-state index >= 15 is 0 Å². The summed E-state index contributed by atoms with van der Waals surface area (Å²) in [5.74, 6) is -0.110. The minimum Gasteiger partial charge on any atom is -0.376 e. The molecular weight excluding hydrogens is 411 g/mol. The van der Waals surface area contributed by atoms with Crippen LogP contribution in [0.15, 0.2) is 23.1 Å². The second kappa shape index (κ2) is 8.66. The monoisotopic (exact) mass is 434 g/mol. The number of carbonyl (C=O) groups is 1. The Balaban J connectivity index is 1.60. The van der Waals surface area contributed by atoms with Crippen molar-refractivity contribution in [3.8, 4) is 0 Å². The number of ether oxygens (including phenoxy) is 1. The van der Waals surface area contributed by atoms with E-state index in [1.807, 2.05) is 0 Å². The van der Waals surface area contributed by atoms with E-state index in [2.05, 4.69) is 0 Å². The minimum atomic E-state index is -3.73. The molecule has 9 heteroatoms. The van der Waals surface area contributed by atoms with E-state index in [9.17, 15) is 13.2 Å². The summed E-state index contributed by atoms with van der Waals surface area (Å²) in [5, 5.41) is 0.465. The summed E-state index contributed by atoms with van der Waals surface area (Å²) in [6.07, 6.45) is 3.12. The van der Waals surface area contributed by atoms with Crippen molar-refractivity contribution in [2.24, 2.45) is 5.92 Å². The molecule has 0 spiro atoms. The minimum absolute atomic E-state index is 0.0111. The maximum atomic E-state index is 12.9. The number of piperidine rings is 1. The van der Waals surface area contributed by atoms with Gasteiger partial charge in [-0.15, -0.1) is 0 Å². The Morgan fingerprint density at radius 3 is 2.59 bits per heavy atom. The summed E-state index contributed by atoms with van der Waals surface area (Å²) in [4.78, 5) is 14.4. The van der Waals surface area contributed by atoms with Crippen LogP contribution in [0.2, 0.25) is 10.0 Å². The van der Waals surface area contributed by atoms with Crippen LogP contribution in [0, 0.1) is 5.92 Å². The highest BCUT2D eigenvalue weighted by molar-refractivity contribution is 7.89. The number of hydrogen-bond acceptors (Lipinski definition) is 4. The summed E-state index contributed by atoms with van der Waals surface area (Å²) >= 11 is 12.0. The van der Waals surface area contributed by atoms with Gasteiger partial charge in [0.15, 0.2) is 0 Å². The van der Waals surface area contributed by atoms with E-state index < -0.39 is 10.0 Å². The molecule has 150 valence electrons. The number of amides is 1. The molecule has 2 saturated heterocycles. The van der Waals surface area contributed by atoms with Gasteiger partial charge in [0, 0.05) is 44.2 Å². The predicted molar refractivity (Wildman–Crippen MR) is 105 cm³/mol. The van der Waals surface area contributed by atoms with Crippen molar-refractivity contribution in [2.75, 3.05) is 33.3 Å². The first-order chi connectivity index (χ1) is 12.8. The molecule has 6 nitrogen and oxygen atoms in total. The lowest BCUT2D eigenvalue weighted by Crippen LogP contribution is -2.44. The Morgan fingerprint density at radius 2 is 1.96 bits per heavy atom. The Kier molecular flexibility index (Phi) is 6.69. The summed E-state index contributed by atoms with van der Waals surface area (Å²) in [6.45, 7) is 1.93. The lowest BCUT2D eigenvalue weighted by atomic mass is 9.96.